The molecule has 1 fully saturated rings. The van der Waals surface area contributed by atoms with Crippen LogP contribution in [0, 0.1) is 0 Å². The first kappa shape index (κ1) is 15.0. The molecule has 2 aliphatic heterocycles. The predicted octanol–water partition coefficient (Wildman–Crippen LogP) is -1.91. The van der Waals surface area contributed by atoms with Crippen molar-refractivity contribution in [3.05, 3.63) is 17.7 Å². The number of rotatable bonds is 1. The van der Waals surface area contributed by atoms with Gasteiger partial charge in [-0.05, 0) is 25.0 Å². The van der Waals surface area contributed by atoms with Gasteiger partial charge in [0.15, 0.2) is 0 Å². The number of fused-ring (bicyclic) bond motifs is 2. The van der Waals surface area contributed by atoms with Crippen LogP contribution in [0.4, 0.5) is 5.69 Å². The minimum Gasteiger partial charge on any atom is -0.870 e. The van der Waals surface area contributed by atoms with E-state index in [1.807, 2.05) is 0 Å². The first-order valence-electron chi connectivity index (χ1n) is 5.95. The second kappa shape index (κ2) is 5.93. The molecule has 5 nitrogen and oxygen atoms in total. The molecule has 0 N–H and O–H groups in total. The van der Waals surface area contributed by atoms with Crippen LogP contribution in [0.3, 0.4) is 0 Å². The van der Waals surface area contributed by atoms with Gasteiger partial charge in [-0.1, -0.05) is 5.75 Å². The van der Waals surface area contributed by atoms with Crippen LogP contribution in [0.25, 0.3) is 0 Å². The van der Waals surface area contributed by atoms with Gasteiger partial charge in [-0.3, -0.25) is 9.79 Å². The largest absolute Gasteiger partial charge is 1.00 e. The fourth-order valence-corrected chi connectivity index (χ4v) is 2.51. The standard InChI is InChI=1S/C13H14N2O3.K/c1-18-12-5-9-10(6-11(12)16)14-7-8-3-2-4-15(8)13(9)17;/h5-8,16H,2-4H2,1H3;/q;+1/p-1. The Hall–Kier alpha value is -0.404. The van der Waals surface area contributed by atoms with Crippen LogP contribution in [0.5, 0.6) is 11.5 Å². The van der Waals surface area contributed by atoms with Gasteiger partial charge in [0, 0.05) is 12.8 Å². The van der Waals surface area contributed by atoms with Crippen molar-refractivity contribution in [3.63, 3.8) is 0 Å². The zero-order valence-corrected chi connectivity index (χ0v) is 14.2. The number of hydrogen-bond acceptors (Lipinski definition) is 4. The third-order valence-corrected chi connectivity index (χ3v) is 3.46. The fourth-order valence-electron chi connectivity index (χ4n) is 2.51. The van der Waals surface area contributed by atoms with Gasteiger partial charge >= 0.3 is 51.4 Å². The number of nitrogens with zero attached hydrogens (tertiary/aromatic N) is 2. The van der Waals surface area contributed by atoms with Crippen molar-refractivity contribution in [2.45, 2.75) is 18.9 Å². The molecule has 0 saturated carbocycles. The average molecular weight is 284 g/mol. The molecule has 1 atom stereocenters. The van der Waals surface area contributed by atoms with Crippen LogP contribution in [-0.2, 0) is 0 Å². The summed E-state index contributed by atoms with van der Waals surface area (Å²) in [6.07, 6.45) is 3.70. The smallest absolute Gasteiger partial charge is 0.870 e. The number of hydrogen-bond donors (Lipinski definition) is 0. The molecule has 6 heteroatoms. The molecule has 2 heterocycles. The Morgan fingerprint density at radius 1 is 1.47 bits per heavy atom. The van der Waals surface area contributed by atoms with E-state index < -0.39 is 0 Å². The molecule has 1 unspecified atom stereocenters. The van der Waals surface area contributed by atoms with E-state index in [9.17, 15) is 9.90 Å². The van der Waals surface area contributed by atoms with E-state index >= 15 is 0 Å². The molecule has 2 aliphatic rings. The molecule has 0 bridgehead atoms. The summed E-state index contributed by atoms with van der Waals surface area (Å²) in [6, 6.07) is 2.92. The molecule has 0 aromatic heterocycles. The molecule has 1 saturated heterocycles. The van der Waals surface area contributed by atoms with Crippen molar-refractivity contribution < 1.29 is 66.0 Å². The molecule has 0 spiro atoms. The van der Waals surface area contributed by atoms with Gasteiger partial charge in [-0.25, -0.2) is 0 Å². The number of methoxy groups -OCH3 is 1. The minimum absolute atomic E-state index is 0. The first-order valence-corrected chi connectivity index (χ1v) is 5.95. The van der Waals surface area contributed by atoms with Crippen molar-refractivity contribution in [3.8, 4) is 11.5 Å². The number of ether oxygens (including phenoxy) is 1. The Labute approximate surface area is 154 Å². The first-order chi connectivity index (χ1) is 8.70. The monoisotopic (exact) mass is 284 g/mol. The molecule has 1 amide bonds. The maximum Gasteiger partial charge on any atom is 1.00 e. The van der Waals surface area contributed by atoms with Gasteiger partial charge < -0.3 is 14.7 Å². The van der Waals surface area contributed by atoms with Crippen LogP contribution in [0.2, 0.25) is 0 Å². The summed E-state index contributed by atoms with van der Waals surface area (Å²) >= 11 is 0. The van der Waals surface area contributed by atoms with Crippen LogP contribution in [-0.4, -0.2) is 36.7 Å². The fraction of sp³-hybridized carbons (Fsp3) is 0.385. The molecule has 19 heavy (non-hydrogen) atoms. The van der Waals surface area contributed by atoms with Crippen LogP contribution in [0.15, 0.2) is 17.1 Å². The van der Waals surface area contributed by atoms with Crippen molar-refractivity contribution in [1.82, 2.24) is 4.90 Å². The molecule has 0 aliphatic carbocycles. The molecule has 3 rings (SSSR count). The number of benzene rings is 1. The van der Waals surface area contributed by atoms with Crippen LogP contribution >= 0.6 is 0 Å². The third kappa shape index (κ3) is 2.60. The number of carbonyl (C=O) groups is 1. The quantitative estimate of drug-likeness (QED) is 0.566. The van der Waals surface area contributed by atoms with E-state index in [2.05, 4.69) is 4.99 Å². The number of amides is 1. The predicted molar refractivity (Wildman–Crippen MR) is 64.7 cm³/mol. The number of aliphatic imine (C=N–C) groups is 1. The van der Waals surface area contributed by atoms with Crippen molar-refractivity contribution in [2.24, 2.45) is 4.99 Å². The Kier molecular flexibility index (Phi) is 4.68. The number of carbonyl (C=O) groups excluding carboxylic acids is 1. The van der Waals surface area contributed by atoms with E-state index in [-0.39, 0.29) is 74.8 Å². The van der Waals surface area contributed by atoms with Gasteiger partial charge in [0.2, 0.25) is 0 Å². The Morgan fingerprint density at radius 3 is 3.00 bits per heavy atom. The Bertz CT molecular complexity index is 545. The van der Waals surface area contributed by atoms with Crippen molar-refractivity contribution in [1.29, 1.82) is 0 Å². The van der Waals surface area contributed by atoms with Gasteiger partial charge in [0.1, 0.15) is 5.75 Å². The third-order valence-electron chi connectivity index (χ3n) is 3.46. The SMILES string of the molecule is COc1cc2c(cc1[O-])N=CC1CCCN1C2=O.[K+]. The normalized spacial score (nSPS) is 20.4. The zero-order valence-electron chi connectivity index (χ0n) is 11.0. The summed E-state index contributed by atoms with van der Waals surface area (Å²) < 4.78 is 4.98. The van der Waals surface area contributed by atoms with Crippen LogP contribution in [0.1, 0.15) is 23.2 Å². The topological polar surface area (TPSA) is 65.0 Å². The van der Waals surface area contributed by atoms with Crippen molar-refractivity contribution >= 4 is 17.8 Å². The molecular formula is C13H13KN2O3. The van der Waals surface area contributed by atoms with E-state index in [4.69, 9.17) is 4.74 Å². The van der Waals surface area contributed by atoms with Crippen LogP contribution < -0.4 is 61.2 Å². The summed E-state index contributed by atoms with van der Waals surface area (Å²) in [5.74, 6) is -0.124. The Balaban J connectivity index is 0.00000133. The second-order valence-electron chi connectivity index (χ2n) is 4.51. The minimum atomic E-state index is -0.247. The van der Waals surface area contributed by atoms with E-state index in [0.29, 0.717) is 11.3 Å². The van der Waals surface area contributed by atoms with E-state index in [0.717, 1.165) is 19.4 Å². The summed E-state index contributed by atoms with van der Waals surface area (Å²) in [5.41, 5.74) is 0.896. The van der Waals surface area contributed by atoms with E-state index in [1.165, 1.54) is 19.2 Å². The Morgan fingerprint density at radius 2 is 2.26 bits per heavy atom. The van der Waals surface area contributed by atoms with Gasteiger partial charge in [0.25, 0.3) is 5.91 Å². The summed E-state index contributed by atoms with van der Waals surface area (Å²) in [7, 11) is 1.42. The summed E-state index contributed by atoms with van der Waals surface area (Å²) in [6.45, 7) is 0.746. The van der Waals surface area contributed by atoms with Crippen molar-refractivity contribution in [2.75, 3.05) is 13.7 Å². The van der Waals surface area contributed by atoms with E-state index in [1.54, 1.807) is 11.1 Å². The maximum absolute atomic E-state index is 12.4. The summed E-state index contributed by atoms with van der Waals surface area (Å²) in [5, 5.41) is 11.7. The molecule has 1 aromatic rings. The van der Waals surface area contributed by atoms with Gasteiger partial charge in [0.05, 0.1) is 24.4 Å². The molecular weight excluding hydrogens is 271 g/mol. The molecule has 0 radical (unpaired) electrons. The molecule has 1 aromatic carbocycles. The summed E-state index contributed by atoms with van der Waals surface area (Å²) in [4.78, 5) is 18.5. The maximum atomic E-state index is 12.4. The van der Waals surface area contributed by atoms with Gasteiger partial charge in [-0.2, -0.15) is 0 Å². The zero-order chi connectivity index (χ0) is 12.7. The van der Waals surface area contributed by atoms with Gasteiger partial charge in [-0.15, -0.1) is 0 Å². The second-order valence-corrected chi connectivity index (χ2v) is 4.51. The molecule has 94 valence electrons. The average Bonchev–Trinajstić information content (AvgIpc) is 2.79.